The van der Waals surface area contributed by atoms with Gasteiger partial charge in [0.05, 0.1) is 13.0 Å². The van der Waals surface area contributed by atoms with Crippen molar-refractivity contribution < 1.29 is 9.59 Å². The lowest BCUT2D eigenvalue weighted by atomic mass is 10.1. The molecule has 4 rings (SSSR count). The Balaban J connectivity index is 1.43. The number of anilines is 1. The van der Waals surface area contributed by atoms with Crippen LogP contribution in [0.3, 0.4) is 0 Å². The van der Waals surface area contributed by atoms with Crippen molar-refractivity contribution in [2.24, 2.45) is 0 Å². The summed E-state index contributed by atoms with van der Waals surface area (Å²) >= 11 is 0. The van der Waals surface area contributed by atoms with Crippen LogP contribution in [0.25, 0.3) is 0 Å². The van der Waals surface area contributed by atoms with Gasteiger partial charge in [-0.05, 0) is 54.4 Å². The second-order valence-electron chi connectivity index (χ2n) is 8.51. The van der Waals surface area contributed by atoms with Crippen LogP contribution in [0.5, 0.6) is 0 Å². The van der Waals surface area contributed by atoms with Crippen LogP contribution in [0.15, 0.2) is 103 Å². The molecule has 0 radical (unpaired) electrons. The summed E-state index contributed by atoms with van der Waals surface area (Å²) in [5, 5.41) is 2.95. The minimum atomic E-state index is -0.0629. The zero-order valence-electron chi connectivity index (χ0n) is 19.9. The maximum atomic E-state index is 13.4. The van der Waals surface area contributed by atoms with Crippen molar-refractivity contribution in [2.45, 2.75) is 26.3 Å². The minimum Gasteiger partial charge on any atom is -0.355 e. The number of hydrogen-bond donors (Lipinski definition) is 1. The monoisotopic (exact) mass is 463 g/mol. The Labute approximate surface area is 206 Å². The third-order valence-electron chi connectivity index (χ3n) is 5.73. The average Bonchev–Trinajstić information content (AvgIpc) is 2.89. The summed E-state index contributed by atoms with van der Waals surface area (Å²) < 4.78 is 0. The van der Waals surface area contributed by atoms with Gasteiger partial charge in [0.25, 0.3) is 5.91 Å². The highest BCUT2D eigenvalue weighted by molar-refractivity contribution is 6.06. The minimum absolute atomic E-state index is 0.0364. The van der Waals surface area contributed by atoms with E-state index >= 15 is 0 Å². The topological polar surface area (TPSA) is 62.3 Å². The van der Waals surface area contributed by atoms with Crippen molar-refractivity contribution in [2.75, 3.05) is 11.4 Å². The third-order valence-corrected chi connectivity index (χ3v) is 5.73. The van der Waals surface area contributed by atoms with Crippen LogP contribution in [-0.2, 0) is 24.2 Å². The number of rotatable bonds is 9. The molecule has 0 aliphatic heterocycles. The Morgan fingerprint density at radius 1 is 0.829 bits per heavy atom. The molecule has 5 nitrogen and oxygen atoms in total. The van der Waals surface area contributed by atoms with Gasteiger partial charge in [-0.3, -0.25) is 14.6 Å². The molecule has 0 spiro atoms. The van der Waals surface area contributed by atoms with Crippen LogP contribution in [0.4, 0.5) is 5.69 Å². The van der Waals surface area contributed by atoms with Crippen LogP contribution < -0.4 is 10.2 Å². The molecular formula is C30H29N3O2. The van der Waals surface area contributed by atoms with E-state index < -0.39 is 0 Å². The number of aromatic nitrogens is 1. The van der Waals surface area contributed by atoms with Gasteiger partial charge < -0.3 is 10.2 Å². The van der Waals surface area contributed by atoms with Crippen molar-refractivity contribution in [3.8, 4) is 0 Å². The lowest BCUT2D eigenvalue weighted by Gasteiger charge is -2.24. The van der Waals surface area contributed by atoms with Gasteiger partial charge in [-0.2, -0.15) is 0 Å². The zero-order valence-corrected chi connectivity index (χ0v) is 19.9. The normalized spacial score (nSPS) is 10.5. The van der Waals surface area contributed by atoms with Gasteiger partial charge in [-0.1, -0.05) is 66.2 Å². The number of amides is 2. The second-order valence-corrected chi connectivity index (χ2v) is 8.51. The fourth-order valence-electron chi connectivity index (χ4n) is 3.93. The van der Waals surface area contributed by atoms with E-state index in [0.29, 0.717) is 25.1 Å². The van der Waals surface area contributed by atoms with Crippen LogP contribution in [0, 0.1) is 6.92 Å². The Morgan fingerprint density at radius 3 is 2.31 bits per heavy atom. The molecule has 0 saturated heterocycles. The van der Waals surface area contributed by atoms with E-state index in [0.717, 1.165) is 28.1 Å². The Hall–Kier alpha value is -4.25. The first kappa shape index (κ1) is 23.9. The first-order valence-electron chi connectivity index (χ1n) is 11.8. The molecule has 5 heteroatoms. The molecule has 0 fully saturated rings. The molecule has 0 atom stereocenters. The van der Waals surface area contributed by atoms with Crippen LogP contribution in [0.1, 0.15) is 32.7 Å². The summed E-state index contributed by atoms with van der Waals surface area (Å²) in [6.07, 6.45) is 2.73. The summed E-state index contributed by atoms with van der Waals surface area (Å²) in [5.41, 5.74) is 5.49. The summed E-state index contributed by atoms with van der Waals surface area (Å²) in [6.45, 7) is 3.05. The third kappa shape index (κ3) is 6.87. The van der Waals surface area contributed by atoms with E-state index in [-0.39, 0.29) is 18.2 Å². The molecule has 35 heavy (non-hydrogen) atoms. The Bertz CT molecular complexity index is 1260. The van der Waals surface area contributed by atoms with Gasteiger partial charge in [0, 0.05) is 36.1 Å². The zero-order chi connectivity index (χ0) is 24.5. The summed E-state index contributed by atoms with van der Waals surface area (Å²) in [7, 11) is 0. The van der Waals surface area contributed by atoms with Crippen molar-refractivity contribution in [3.63, 3.8) is 0 Å². The molecule has 1 N–H and O–H groups in total. The molecular weight excluding hydrogens is 434 g/mol. The molecule has 3 aromatic carbocycles. The lowest BCUT2D eigenvalue weighted by molar-refractivity contribution is -0.120. The first-order chi connectivity index (χ1) is 17.1. The number of nitrogens with zero attached hydrogens (tertiary/aromatic N) is 2. The van der Waals surface area contributed by atoms with Gasteiger partial charge >= 0.3 is 0 Å². The molecule has 2 amide bonds. The number of nitrogens with one attached hydrogen (secondary N) is 1. The lowest BCUT2D eigenvalue weighted by Crippen LogP contribution is -2.30. The molecule has 0 saturated carbocycles. The molecule has 4 aromatic rings. The van der Waals surface area contributed by atoms with E-state index in [4.69, 9.17) is 0 Å². The SMILES string of the molecule is Cc1cccc(CN(C(=O)c2ccccc2)c2ccc(CC(=O)NCCc3ccccn3)cc2)c1. The highest BCUT2D eigenvalue weighted by Gasteiger charge is 2.18. The van der Waals surface area contributed by atoms with Crippen molar-refractivity contribution in [1.82, 2.24) is 10.3 Å². The number of hydrogen-bond acceptors (Lipinski definition) is 3. The quantitative estimate of drug-likeness (QED) is 0.374. The molecule has 0 bridgehead atoms. The van der Waals surface area contributed by atoms with Crippen molar-refractivity contribution in [3.05, 3.63) is 131 Å². The van der Waals surface area contributed by atoms with E-state index in [1.165, 1.54) is 0 Å². The molecule has 1 aromatic heterocycles. The second kappa shape index (κ2) is 11.7. The largest absolute Gasteiger partial charge is 0.355 e. The first-order valence-corrected chi connectivity index (χ1v) is 11.8. The Kier molecular flexibility index (Phi) is 8.02. The predicted molar refractivity (Wildman–Crippen MR) is 139 cm³/mol. The summed E-state index contributed by atoms with van der Waals surface area (Å²) in [4.78, 5) is 31.8. The summed E-state index contributed by atoms with van der Waals surface area (Å²) in [6, 6.07) is 30.9. The van der Waals surface area contributed by atoms with Crippen LogP contribution in [0.2, 0.25) is 0 Å². The van der Waals surface area contributed by atoms with Crippen LogP contribution in [-0.4, -0.2) is 23.3 Å². The standard InChI is InChI=1S/C30H29N3O2/c1-23-8-7-9-25(20-23)22-33(30(35)26-10-3-2-4-11-26)28-15-13-24(14-16-28)21-29(34)32-19-17-27-12-5-6-18-31-27/h2-16,18,20H,17,19,21-22H2,1H3,(H,32,34). The summed E-state index contributed by atoms with van der Waals surface area (Å²) in [5.74, 6) is -0.0993. The predicted octanol–water partition coefficient (Wildman–Crippen LogP) is 5.14. The maximum absolute atomic E-state index is 13.4. The smallest absolute Gasteiger partial charge is 0.258 e. The molecule has 1 heterocycles. The highest BCUT2D eigenvalue weighted by atomic mass is 16.2. The van der Waals surface area contributed by atoms with Gasteiger partial charge in [-0.25, -0.2) is 0 Å². The fraction of sp³-hybridized carbons (Fsp3) is 0.167. The van der Waals surface area contributed by atoms with Gasteiger partial charge in [0.1, 0.15) is 0 Å². The number of carbonyl (C=O) groups excluding carboxylic acids is 2. The van der Waals surface area contributed by atoms with E-state index in [1.807, 2.05) is 97.9 Å². The number of benzene rings is 3. The van der Waals surface area contributed by atoms with Gasteiger partial charge in [-0.15, -0.1) is 0 Å². The number of pyridine rings is 1. The van der Waals surface area contributed by atoms with E-state index in [9.17, 15) is 9.59 Å². The average molecular weight is 464 g/mol. The number of carbonyl (C=O) groups is 2. The van der Waals surface area contributed by atoms with Gasteiger partial charge in [0.15, 0.2) is 0 Å². The van der Waals surface area contributed by atoms with Crippen molar-refractivity contribution >= 4 is 17.5 Å². The van der Waals surface area contributed by atoms with Crippen molar-refractivity contribution in [1.29, 1.82) is 0 Å². The molecule has 0 aliphatic rings. The Morgan fingerprint density at radius 2 is 1.60 bits per heavy atom. The van der Waals surface area contributed by atoms with Gasteiger partial charge in [0.2, 0.25) is 5.91 Å². The van der Waals surface area contributed by atoms with E-state index in [2.05, 4.69) is 16.4 Å². The maximum Gasteiger partial charge on any atom is 0.258 e. The number of aryl methyl sites for hydroxylation is 1. The molecule has 0 unspecified atom stereocenters. The highest BCUT2D eigenvalue weighted by Crippen LogP contribution is 2.22. The van der Waals surface area contributed by atoms with E-state index in [1.54, 1.807) is 11.1 Å². The molecule has 176 valence electrons. The van der Waals surface area contributed by atoms with Crippen LogP contribution >= 0.6 is 0 Å². The molecule has 0 aliphatic carbocycles. The fourth-order valence-corrected chi connectivity index (χ4v) is 3.93.